The lowest BCUT2D eigenvalue weighted by atomic mass is 10.2. The van der Waals surface area contributed by atoms with Crippen LogP contribution in [0.4, 0.5) is 0 Å². The van der Waals surface area contributed by atoms with Gasteiger partial charge in [0.2, 0.25) is 10.0 Å². The van der Waals surface area contributed by atoms with Crippen LogP contribution in [0.15, 0.2) is 23.2 Å². The fourth-order valence-electron chi connectivity index (χ4n) is 2.42. The van der Waals surface area contributed by atoms with Crippen molar-refractivity contribution in [3.8, 4) is 11.5 Å². The van der Waals surface area contributed by atoms with Crippen molar-refractivity contribution >= 4 is 40.0 Å². The Labute approximate surface area is 179 Å². The Hall–Kier alpha value is -1.27. The number of aliphatic imine (C=N–C) groups is 1. The number of hydrogen-bond donors (Lipinski definition) is 2. The van der Waals surface area contributed by atoms with Crippen molar-refractivity contribution in [3.05, 3.63) is 23.8 Å². The van der Waals surface area contributed by atoms with E-state index < -0.39 is 10.0 Å². The van der Waals surface area contributed by atoms with E-state index in [1.165, 1.54) is 10.6 Å². The summed E-state index contributed by atoms with van der Waals surface area (Å²) in [5, 5.41) is 6.40. The van der Waals surface area contributed by atoms with Gasteiger partial charge in [0.05, 0.1) is 20.5 Å². The maximum absolute atomic E-state index is 11.6. The number of guanidine groups is 1. The third-order valence-electron chi connectivity index (χ3n) is 3.83. The quantitative estimate of drug-likeness (QED) is 0.214. The second-order valence-electron chi connectivity index (χ2n) is 5.65. The highest BCUT2D eigenvalue weighted by Crippen LogP contribution is 2.27. The number of benzene rings is 1. The van der Waals surface area contributed by atoms with Crippen molar-refractivity contribution in [3.63, 3.8) is 0 Å². The number of halogens is 1. The van der Waals surface area contributed by atoms with Gasteiger partial charge in [-0.05, 0) is 24.1 Å². The summed E-state index contributed by atoms with van der Waals surface area (Å²) in [6.07, 6.45) is 1.92. The summed E-state index contributed by atoms with van der Waals surface area (Å²) in [6.45, 7) is 3.99. The van der Waals surface area contributed by atoms with E-state index in [9.17, 15) is 8.42 Å². The zero-order chi connectivity index (χ0) is 19.6. The van der Waals surface area contributed by atoms with Gasteiger partial charge < -0.3 is 20.1 Å². The molecule has 0 aliphatic heterocycles. The normalized spacial score (nSPS) is 11.7. The molecule has 0 amide bonds. The van der Waals surface area contributed by atoms with E-state index in [4.69, 9.17) is 9.47 Å². The molecule has 0 radical (unpaired) electrons. The predicted molar refractivity (Wildman–Crippen MR) is 120 cm³/mol. The van der Waals surface area contributed by atoms with E-state index in [0.29, 0.717) is 50.1 Å². The van der Waals surface area contributed by atoms with Gasteiger partial charge in [0.25, 0.3) is 0 Å². The third kappa shape index (κ3) is 8.98. The summed E-state index contributed by atoms with van der Waals surface area (Å²) in [7, 11) is 1.76. The van der Waals surface area contributed by atoms with Crippen LogP contribution in [0.5, 0.6) is 11.5 Å². The summed E-state index contributed by atoms with van der Waals surface area (Å²) < 4.78 is 35.1. The monoisotopic (exact) mass is 514 g/mol. The van der Waals surface area contributed by atoms with Crippen molar-refractivity contribution in [2.24, 2.45) is 4.99 Å². The largest absolute Gasteiger partial charge is 0.493 e. The van der Waals surface area contributed by atoms with Gasteiger partial charge in [0.1, 0.15) is 0 Å². The summed E-state index contributed by atoms with van der Waals surface area (Å²) in [4.78, 5) is 4.17. The SMILES string of the molecule is CCN(CCCNC(=NC)NCc1ccc(OC)c(OC)c1)S(C)(=O)=O.I. The van der Waals surface area contributed by atoms with Crippen LogP contribution in [0.25, 0.3) is 0 Å². The molecule has 1 aromatic carbocycles. The maximum Gasteiger partial charge on any atom is 0.211 e. The molecule has 0 aromatic heterocycles. The summed E-state index contributed by atoms with van der Waals surface area (Å²) in [5.74, 6) is 2.02. The molecule has 0 saturated heterocycles. The van der Waals surface area contributed by atoms with Crippen LogP contribution >= 0.6 is 24.0 Å². The molecule has 0 spiro atoms. The number of sulfonamides is 1. The number of nitrogens with zero attached hydrogens (tertiary/aromatic N) is 2. The minimum Gasteiger partial charge on any atom is -0.493 e. The lowest BCUT2D eigenvalue weighted by molar-refractivity contribution is 0.354. The Kier molecular flexibility index (Phi) is 12.4. The van der Waals surface area contributed by atoms with Crippen LogP contribution in [0.3, 0.4) is 0 Å². The molecule has 0 fully saturated rings. The molecule has 0 heterocycles. The molecular formula is C17H31IN4O4S. The van der Waals surface area contributed by atoms with Crippen molar-refractivity contribution < 1.29 is 17.9 Å². The second kappa shape index (κ2) is 13.0. The van der Waals surface area contributed by atoms with E-state index >= 15 is 0 Å². The number of hydrogen-bond acceptors (Lipinski definition) is 5. The molecule has 27 heavy (non-hydrogen) atoms. The Morgan fingerprint density at radius 2 is 1.85 bits per heavy atom. The number of ether oxygens (including phenoxy) is 2. The van der Waals surface area contributed by atoms with Crippen molar-refractivity contribution in [1.82, 2.24) is 14.9 Å². The van der Waals surface area contributed by atoms with Crippen LogP contribution in [-0.4, -0.2) is 65.8 Å². The number of nitrogens with one attached hydrogen (secondary N) is 2. The minimum absolute atomic E-state index is 0. The third-order valence-corrected chi connectivity index (χ3v) is 5.21. The van der Waals surface area contributed by atoms with E-state index in [2.05, 4.69) is 15.6 Å². The van der Waals surface area contributed by atoms with Gasteiger partial charge >= 0.3 is 0 Å². The van der Waals surface area contributed by atoms with Crippen LogP contribution in [0.2, 0.25) is 0 Å². The molecule has 0 aliphatic rings. The topological polar surface area (TPSA) is 92.3 Å². The maximum atomic E-state index is 11.6. The predicted octanol–water partition coefficient (Wildman–Crippen LogP) is 1.66. The molecular weight excluding hydrogens is 483 g/mol. The zero-order valence-corrected chi connectivity index (χ0v) is 19.8. The van der Waals surface area contributed by atoms with Crippen LogP contribution in [-0.2, 0) is 16.6 Å². The lowest BCUT2D eigenvalue weighted by Gasteiger charge is -2.18. The molecule has 2 N–H and O–H groups in total. The average molecular weight is 514 g/mol. The average Bonchev–Trinajstić information content (AvgIpc) is 2.62. The molecule has 8 nitrogen and oxygen atoms in total. The number of rotatable bonds is 10. The molecule has 0 unspecified atom stereocenters. The van der Waals surface area contributed by atoms with Crippen LogP contribution in [0.1, 0.15) is 18.9 Å². The first-order valence-electron chi connectivity index (χ1n) is 8.46. The van der Waals surface area contributed by atoms with Crippen LogP contribution < -0.4 is 20.1 Å². The molecule has 10 heteroatoms. The Bertz CT molecular complexity index is 698. The van der Waals surface area contributed by atoms with Gasteiger partial charge in [0, 0.05) is 33.2 Å². The Morgan fingerprint density at radius 1 is 1.19 bits per heavy atom. The number of methoxy groups -OCH3 is 2. The van der Waals surface area contributed by atoms with Crippen molar-refractivity contribution in [1.29, 1.82) is 0 Å². The smallest absolute Gasteiger partial charge is 0.211 e. The van der Waals surface area contributed by atoms with E-state index in [1.54, 1.807) is 21.3 Å². The van der Waals surface area contributed by atoms with Gasteiger partial charge in [-0.3, -0.25) is 4.99 Å². The molecule has 1 rings (SSSR count). The van der Waals surface area contributed by atoms with E-state index in [1.807, 2.05) is 25.1 Å². The highest BCUT2D eigenvalue weighted by Gasteiger charge is 2.13. The van der Waals surface area contributed by atoms with Crippen molar-refractivity contribution in [2.75, 3.05) is 47.2 Å². The van der Waals surface area contributed by atoms with E-state index in [0.717, 1.165) is 5.56 Å². The Balaban J connectivity index is 0.00000676. The summed E-state index contributed by atoms with van der Waals surface area (Å²) >= 11 is 0. The summed E-state index contributed by atoms with van der Waals surface area (Å²) in [6, 6.07) is 5.72. The zero-order valence-electron chi connectivity index (χ0n) is 16.6. The minimum atomic E-state index is -3.14. The molecule has 1 aromatic rings. The fraction of sp³-hybridized carbons (Fsp3) is 0.588. The first-order chi connectivity index (χ1) is 12.3. The lowest BCUT2D eigenvalue weighted by Crippen LogP contribution is -2.39. The van der Waals surface area contributed by atoms with E-state index in [-0.39, 0.29) is 24.0 Å². The standard InChI is InChI=1S/C17H30N4O4S.HI/c1-6-21(26(5,22)23)11-7-10-19-17(18-2)20-13-14-8-9-15(24-3)16(12-14)25-4;/h8-9,12H,6-7,10-11,13H2,1-5H3,(H2,18,19,20);1H. The summed E-state index contributed by atoms with van der Waals surface area (Å²) in [5.41, 5.74) is 1.03. The highest BCUT2D eigenvalue weighted by molar-refractivity contribution is 14.0. The first-order valence-corrected chi connectivity index (χ1v) is 10.3. The van der Waals surface area contributed by atoms with Gasteiger partial charge in [-0.25, -0.2) is 12.7 Å². The van der Waals surface area contributed by atoms with Gasteiger partial charge in [-0.15, -0.1) is 24.0 Å². The molecule has 0 aliphatic carbocycles. The van der Waals surface area contributed by atoms with Gasteiger partial charge in [-0.2, -0.15) is 0 Å². The Morgan fingerprint density at radius 3 is 2.37 bits per heavy atom. The molecule has 0 atom stereocenters. The highest BCUT2D eigenvalue weighted by atomic mass is 127. The second-order valence-corrected chi connectivity index (χ2v) is 7.63. The van der Waals surface area contributed by atoms with Crippen LogP contribution in [0, 0.1) is 0 Å². The molecule has 0 saturated carbocycles. The molecule has 156 valence electrons. The van der Waals surface area contributed by atoms with Crippen molar-refractivity contribution in [2.45, 2.75) is 19.9 Å². The molecule has 0 bridgehead atoms. The van der Waals surface area contributed by atoms with Gasteiger partial charge in [0.15, 0.2) is 17.5 Å². The van der Waals surface area contributed by atoms with Gasteiger partial charge in [-0.1, -0.05) is 13.0 Å². The first kappa shape index (κ1) is 25.7. The fourth-order valence-corrected chi connectivity index (χ4v) is 3.35.